The van der Waals surface area contributed by atoms with E-state index >= 15 is 0 Å². The Kier molecular flexibility index (Phi) is 2.87. The van der Waals surface area contributed by atoms with Crippen LogP contribution in [0.15, 0.2) is 28.8 Å². The van der Waals surface area contributed by atoms with Crippen LogP contribution in [-0.4, -0.2) is 24.2 Å². The zero-order valence-electron chi connectivity index (χ0n) is 9.34. The van der Waals surface area contributed by atoms with E-state index < -0.39 is 0 Å². The molecule has 0 spiro atoms. The number of nitrogens with two attached hydrogens (primary N) is 1. The van der Waals surface area contributed by atoms with Gasteiger partial charge in [0, 0.05) is 25.3 Å². The fourth-order valence-corrected chi connectivity index (χ4v) is 1.37. The highest BCUT2D eigenvalue weighted by Gasteiger charge is 2.08. The molecule has 2 aromatic rings. The molecule has 2 N–H and O–H groups in total. The highest BCUT2D eigenvalue weighted by molar-refractivity contribution is 5.61. The Morgan fingerprint density at radius 3 is 2.81 bits per heavy atom. The fourth-order valence-electron chi connectivity index (χ4n) is 1.37. The summed E-state index contributed by atoms with van der Waals surface area (Å²) in [6.07, 6.45) is 0. The summed E-state index contributed by atoms with van der Waals surface area (Å²) in [4.78, 5) is 6.20. The van der Waals surface area contributed by atoms with Gasteiger partial charge < -0.3 is 15.2 Å². The molecule has 84 valence electrons. The van der Waals surface area contributed by atoms with Gasteiger partial charge in [0.2, 0.25) is 0 Å². The SMILES string of the molecule is CN(C)c1cccc(-c2nc(CN)no2)c1. The second kappa shape index (κ2) is 4.32. The molecule has 0 bridgehead atoms. The van der Waals surface area contributed by atoms with E-state index in [1.807, 2.05) is 43.3 Å². The predicted octanol–water partition coefficient (Wildman–Crippen LogP) is 1.26. The summed E-state index contributed by atoms with van der Waals surface area (Å²) in [5.41, 5.74) is 7.42. The van der Waals surface area contributed by atoms with Crippen molar-refractivity contribution in [3.63, 3.8) is 0 Å². The Hall–Kier alpha value is -1.88. The van der Waals surface area contributed by atoms with E-state index in [-0.39, 0.29) is 6.54 Å². The van der Waals surface area contributed by atoms with Crippen molar-refractivity contribution in [2.24, 2.45) is 5.73 Å². The monoisotopic (exact) mass is 218 g/mol. The minimum absolute atomic E-state index is 0.289. The van der Waals surface area contributed by atoms with Gasteiger partial charge in [0.15, 0.2) is 5.82 Å². The van der Waals surface area contributed by atoms with Crippen LogP contribution in [0.1, 0.15) is 5.82 Å². The van der Waals surface area contributed by atoms with Crippen LogP contribution in [0.3, 0.4) is 0 Å². The standard InChI is InChI=1S/C11H14N4O/c1-15(2)9-5-3-4-8(6-9)11-13-10(7-12)14-16-11/h3-6H,7,12H2,1-2H3. The number of hydrogen-bond acceptors (Lipinski definition) is 5. The van der Waals surface area contributed by atoms with Crippen molar-refractivity contribution in [1.29, 1.82) is 0 Å². The van der Waals surface area contributed by atoms with E-state index in [0.29, 0.717) is 11.7 Å². The van der Waals surface area contributed by atoms with Crippen LogP contribution in [0.4, 0.5) is 5.69 Å². The molecule has 0 radical (unpaired) electrons. The average molecular weight is 218 g/mol. The van der Waals surface area contributed by atoms with Crippen LogP contribution in [0.25, 0.3) is 11.5 Å². The molecule has 0 fully saturated rings. The Morgan fingerprint density at radius 1 is 1.38 bits per heavy atom. The Labute approximate surface area is 93.9 Å². The van der Waals surface area contributed by atoms with Gasteiger partial charge in [-0.15, -0.1) is 0 Å². The third kappa shape index (κ3) is 2.04. The molecule has 1 aromatic carbocycles. The second-order valence-corrected chi connectivity index (χ2v) is 3.66. The zero-order chi connectivity index (χ0) is 11.5. The van der Waals surface area contributed by atoms with Crippen LogP contribution in [-0.2, 0) is 6.54 Å². The first-order valence-corrected chi connectivity index (χ1v) is 5.01. The molecule has 0 aliphatic rings. The predicted molar refractivity (Wildman–Crippen MR) is 62.0 cm³/mol. The molecule has 1 aromatic heterocycles. The van der Waals surface area contributed by atoms with Gasteiger partial charge in [-0.05, 0) is 18.2 Å². The van der Waals surface area contributed by atoms with E-state index in [4.69, 9.17) is 10.3 Å². The summed E-state index contributed by atoms with van der Waals surface area (Å²) in [7, 11) is 3.97. The lowest BCUT2D eigenvalue weighted by molar-refractivity contribution is 0.423. The molecule has 0 saturated carbocycles. The topological polar surface area (TPSA) is 68.2 Å². The van der Waals surface area contributed by atoms with E-state index in [0.717, 1.165) is 11.3 Å². The molecule has 5 nitrogen and oxygen atoms in total. The number of benzene rings is 1. The van der Waals surface area contributed by atoms with Gasteiger partial charge in [0.05, 0.1) is 6.54 Å². The number of rotatable bonds is 3. The summed E-state index contributed by atoms with van der Waals surface area (Å²) >= 11 is 0. The molecule has 0 unspecified atom stereocenters. The van der Waals surface area contributed by atoms with Crippen LogP contribution in [0, 0.1) is 0 Å². The van der Waals surface area contributed by atoms with Crippen molar-refractivity contribution in [2.45, 2.75) is 6.54 Å². The lowest BCUT2D eigenvalue weighted by atomic mass is 10.2. The molecule has 2 rings (SSSR count). The lowest BCUT2D eigenvalue weighted by Gasteiger charge is -2.12. The fraction of sp³-hybridized carbons (Fsp3) is 0.273. The summed E-state index contributed by atoms with van der Waals surface area (Å²) in [6, 6.07) is 7.90. The minimum atomic E-state index is 0.289. The molecule has 0 aliphatic carbocycles. The molecule has 0 aliphatic heterocycles. The van der Waals surface area contributed by atoms with Crippen molar-refractivity contribution in [1.82, 2.24) is 10.1 Å². The van der Waals surface area contributed by atoms with Gasteiger partial charge >= 0.3 is 0 Å². The molecule has 1 heterocycles. The van der Waals surface area contributed by atoms with Crippen LogP contribution >= 0.6 is 0 Å². The second-order valence-electron chi connectivity index (χ2n) is 3.66. The Balaban J connectivity index is 2.36. The third-order valence-corrected chi connectivity index (χ3v) is 2.26. The van der Waals surface area contributed by atoms with E-state index in [1.54, 1.807) is 0 Å². The van der Waals surface area contributed by atoms with Crippen molar-refractivity contribution in [3.05, 3.63) is 30.1 Å². The summed E-state index contributed by atoms with van der Waals surface area (Å²) in [5, 5.41) is 3.76. The van der Waals surface area contributed by atoms with Gasteiger partial charge in [-0.2, -0.15) is 4.98 Å². The largest absolute Gasteiger partial charge is 0.378 e. The van der Waals surface area contributed by atoms with Crippen molar-refractivity contribution in [3.8, 4) is 11.5 Å². The Morgan fingerprint density at radius 2 is 2.19 bits per heavy atom. The van der Waals surface area contributed by atoms with Gasteiger partial charge in [-0.25, -0.2) is 0 Å². The van der Waals surface area contributed by atoms with Crippen molar-refractivity contribution >= 4 is 5.69 Å². The van der Waals surface area contributed by atoms with Crippen molar-refractivity contribution < 1.29 is 4.52 Å². The molecular formula is C11H14N4O. The number of anilines is 1. The maximum absolute atomic E-state index is 5.43. The lowest BCUT2D eigenvalue weighted by Crippen LogP contribution is -2.08. The first-order chi connectivity index (χ1) is 7.70. The number of aromatic nitrogens is 2. The smallest absolute Gasteiger partial charge is 0.258 e. The molecule has 0 amide bonds. The highest BCUT2D eigenvalue weighted by atomic mass is 16.5. The zero-order valence-corrected chi connectivity index (χ0v) is 9.34. The van der Waals surface area contributed by atoms with Crippen molar-refractivity contribution in [2.75, 3.05) is 19.0 Å². The van der Waals surface area contributed by atoms with Gasteiger partial charge in [0.1, 0.15) is 0 Å². The average Bonchev–Trinajstić information content (AvgIpc) is 2.77. The third-order valence-electron chi connectivity index (χ3n) is 2.26. The van der Waals surface area contributed by atoms with Gasteiger partial charge in [0.25, 0.3) is 5.89 Å². The molecule has 16 heavy (non-hydrogen) atoms. The maximum atomic E-state index is 5.43. The number of nitrogens with zero attached hydrogens (tertiary/aromatic N) is 3. The van der Waals surface area contributed by atoms with Gasteiger partial charge in [-0.3, -0.25) is 0 Å². The summed E-state index contributed by atoms with van der Waals surface area (Å²) in [5.74, 6) is 1.02. The first-order valence-electron chi connectivity index (χ1n) is 5.01. The molecule has 0 saturated heterocycles. The first kappa shape index (κ1) is 10.6. The Bertz CT molecular complexity index is 478. The molecule has 5 heteroatoms. The minimum Gasteiger partial charge on any atom is -0.378 e. The van der Waals surface area contributed by atoms with Crippen LogP contribution in [0.5, 0.6) is 0 Å². The summed E-state index contributed by atoms with van der Waals surface area (Å²) in [6.45, 7) is 0.289. The normalized spacial score (nSPS) is 10.4. The molecular weight excluding hydrogens is 204 g/mol. The highest BCUT2D eigenvalue weighted by Crippen LogP contribution is 2.22. The van der Waals surface area contributed by atoms with E-state index in [9.17, 15) is 0 Å². The maximum Gasteiger partial charge on any atom is 0.258 e. The number of hydrogen-bond donors (Lipinski definition) is 1. The van der Waals surface area contributed by atoms with Crippen LogP contribution < -0.4 is 10.6 Å². The van der Waals surface area contributed by atoms with Crippen LogP contribution in [0.2, 0.25) is 0 Å². The van der Waals surface area contributed by atoms with E-state index in [1.165, 1.54) is 0 Å². The van der Waals surface area contributed by atoms with E-state index in [2.05, 4.69) is 10.1 Å². The summed E-state index contributed by atoms with van der Waals surface area (Å²) < 4.78 is 5.12. The molecule has 0 atom stereocenters. The quantitative estimate of drug-likeness (QED) is 0.840. The van der Waals surface area contributed by atoms with Gasteiger partial charge in [-0.1, -0.05) is 11.2 Å².